The molecular weight excluding hydrogens is 198 g/mol. The fraction of sp³-hybridized carbons (Fsp3) is 0.538. The normalized spacial score (nSPS) is 32.6. The van der Waals surface area contributed by atoms with Gasteiger partial charge in [-0.3, -0.25) is 0 Å². The van der Waals surface area contributed by atoms with Crippen molar-refractivity contribution in [3.63, 3.8) is 0 Å². The van der Waals surface area contributed by atoms with Crippen molar-refractivity contribution in [3.05, 3.63) is 30.4 Å². The van der Waals surface area contributed by atoms with Crippen LogP contribution in [0.2, 0.25) is 0 Å². The van der Waals surface area contributed by atoms with Crippen molar-refractivity contribution in [1.29, 1.82) is 0 Å². The van der Waals surface area contributed by atoms with E-state index in [0.29, 0.717) is 0 Å². The summed E-state index contributed by atoms with van der Waals surface area (Å²) in [4.78, 5) is 8.00. The third kappa shape index (κ3) is 2.00. The Morgan fingerprint density at radius 2 is 2.19 bits per heavy atom. The van der Waals surface area contributed by atoms with Crippen LogP contribution in [0, 0.1) is 5.92 Å². The summed E-state index contributed by atoms with van der Waals surface area (Å²) in [5.74, 6) is 0.847. The molecule has 0 radical (unpaired) electrons. The second-order valence-electron chi connectivity index (χ2n) is 4.85. The lowest BCUT2D eigenvalue weighted by Gasteiger charge is -2.17. The highest BCUT2D eigenvalue weighted by Gasteiger charge is 2.37. The molecule has 3 atom stereocenters. The first-order chi connectivity index (χ1) is 7.92. The molecule has 1 aromatic rings. The zero-order valence-electron chi connectivity index (χ0n) is 9.34. The third-order valence-electron chi connectivity index (χ3n) is 3.76. The van der Waals surface area contributed by atoms with Crippen molar-refractivity contribution >= 4 is 6.08 Å². The molecule has 0 amide bonds. The lowest BCUT2D eigenvalue weighted by atomic mass is 9.87. The smallest absolute Gasteiger partial charge is 0.115 e. The van der Waals surface area contributed by atoms with Crippen molar-refractivity contribution in [3.8, 4) is 0 Å². The highest BCUT2D eigenvalue weighted by atomic mass is 15.0. The molecule has 2 aliphatic rings. The molecule has 0 aromatic carbocycles. The number of hydrogen-bond donors (Lipinski definition) is 1. The van der Waals surface area contributed by atoms with E-state index in [1.807, 2.05) is 12.4 Å². The van der Waals surface area contributed by atoms with Crippen LogP contribution in [0.15, 0.2) is 24.8 Å². The summed E-state index contributed by atoms with van der Waals surface area (Å²) in [7, 11) is 0. The van der Waals surface area contributed by atoms with Crippen molar-refractivity contribution in [2.24, 2.45) is 5.92 Å². The minimum absolute atomic E-state index is 0.779. The fourth-order valence-corrected chi connectivity index (χ4v) is 2.97. The summed E-state index contributed by atoms with van der Waals surface area (Å²) in [5, 5.41) is 3.67. The summed E-state index contributed by atoms with van der Waals surface area (Å²) in [6.07, 6.45) is 15.0. The average molecular weight is 215 g/mol. The molecule has 0 saturated carbocycles. The molecule has 0 aliphatic carbocycles. The molecule has 0 spiro atoms. The molecule has 1 N–H and O–H groups in total. The number of aromatic nitrogens is 2. The molecule has 1 aromatic heterocycles. The molecule has 3 nitrogen and oxygen atoms in total. The van der Waals surface area contributed by atoms with Crippen LogP contribution in [0.3, 0.4) is 0 Å². The summed E-state index contributed by atoms with van der Waals surface area (Å²) in [5.41, 5.74) is 1.10. The molecule has 2 bridgehead atoms. The topological polar surface area (TPSA) is 37.8 Å². The third-order valence-corrected chi connectivity index (χ3v) is 3.76. The number of allylic oxidation sites excluding steroid dienone is 1. The quantitative estimate of drug-likeness (QED) is 0.838. The summed E-state index contributed by atoms with van der Waals surface area (Å²) < 4.78 is 0. The maximum Gasteiger partial charge on any atom is 0.115 e. The lowest BCUT2D eigenvalue weighted by molar-refractivity contribution is 0.411. The van der Waals surface area contributed by atoms with Crippen molar-refractivity contribution in [1.82, 2.24) is 15.3 Å². The molecular formula is C13H17N3. The molecule has 3 unspecified atom stereocenters. The van der Waals surface area contributed by atoms with Crippen LogP contribution in [0.1, 0.15) is 31.2 Å². The van der Waals surface area contributed by atoms with E-state index in [2.05, 4.69) is 27.4 Å². The molecule has 3 rings (SSSR count). The number of nitrogens with one attached hydrogen (secondary N) is 1. The SMILES string of the molecule is C(=Cc1cncnc1)CC1CC2CCC1N2. The summed E-state index contributed by atoms with van der Waals surface area (Å²) in [6.45, 7) is 0. The Hall–Kier alpha value is -1.22. The van der Waals surface area contributed by atoms with Crippen LogP contribution in [-0.4, -0.2) is 22.1 Å². The monoisotopic (exact) mass is 215 g/mol. The molecule has 16 heavy (non-hydrogen) atoms. The van der Waals surface area contributed by atoms with Gasteiger partial charge in [0.15, 0.2) is 0 Å². The van der Waals surface area contributed by atoms with E-state index in [9.17, 15) is 0 Å². The van der Waals surface area contributed by atoms with Crippen LogP contribution in [0.25, 0.3) is 6.08 Å². The summed E-state index contributed by atoms with van der Waals surface area (Å²) in [6, 6.07) is 1.59. The average Bonchev–Trinajstić information content (AvgIpc) is 2.92. The molecule has 2 saturated heterocycles. The van der Waals surface area contributed by atoms with Crippen LogP contribution in [0.4, 0.5) is 0 Å². The van der Waals surface area contributed by atoms with Gasteiger partial charge in [0, 0.05) is 30.0 Å². The Balaban J connectivity index is 1.55. The molecule has 3 heteroatoms. The van der Waals surface area contributed by atoms with E-state index in [4.69, 9.17) is 0 Å². The fourth-order valence-electron chi connectivity index (χ4n) is 2.97. The van der Waals surface area contributed by atoms with Crippen LogP contribution < -0.4 is 5.32 Å². The highest BCUT2D eigenvalue weighted by molar-refractivity contribution is 5.46. The molecule has 3 heterocycles. The van der Waals surface area contributed by atoms with Crippen molar-refractivity contribution in [2.45, 2.75) is 37.8 Å². The number of fused-ring (bicyclic) bond motifs is 2. The lowest BCUT2D eigenvalue weighted by Crippen LogP contribution is -2.22. The van der Waals surface area contributed by atoms with E-state index in [1.165, 1.54) is 25.7 Å². The zero-order valence-corrected chi connectivity index (χ0v) is 9.34. The van der Waals surface area contributed by atoms with Crippen molar-refractivity contribution in [2.75, 3.05) is 0 Å². The number of hydrogen-bond acceptors (Lipinski definition) is 3. The second-order valence-corrected chi connectivity index (χ2v) is 4.85. The maximum absolute atomic E-state index is 4.00. The maximum atomic E-state index is 4.00. The highest BCUT2D eigenvalue weighted by Crippen LogP contribution is 2.35. The Bertz CT molecular complexity index is 374. The predicted molar refractivity (Wildman–Crippen MR) is 63.7 cm³/mol. The number of nitrogens with zero attached hydrogens (tertiary/aromatic N) is 2. The van der Waals surface area contributed by atoms with Gasteiger partial charge < -0.3 is 5.32 Å². The van der Waals surface area contributed by atoms with E-state index in [1.54, 1.807) is 6.33 Å². The van der Waals surface area contributed by atoms with Gasteiger partial charge in [-0.1, -0.05) is 12.2 Å². The minimum Gasteiger partial charge on any atom is -0.311 e. The van der Waals surface area contributed by atoms with Crippen LogP contribution in [0.5, 0.6) is 0 Å². The van der Waals surface area contributed by atoms with Gasteiger partial charge in [-0.25, -0.2) is 9.97 Å². The molecule has 2 aliphatic heterocycles. The minimum atomic E-state index is 0.779. The second kappa shape index (κ2) is 4.34. The molecule has 2 fully saturated rings. The predicted octanol–water partition coefficient (Wildman–Crippen LogP) is 2.02. The van der Waals surface area contributed by atoms with Gasteiger partial charge in [-0.2, -0.15) is 0 Å². The van der Waals surface area contributed by atoms with Gasteiger partial charge in [-0.15, -0.1) is 0 Å². The largest absolute Gasteiger partial charge is 0.311 e. The first-order valence-electron chi connectivity index (χ1n) is 6.09. The number of rotatable bonds is 3. The Morgan fingerprint density at radius 3 is 2.88 bits per heavy atom. The van der Waals surface area contributed by atoms with Gasteiger partial charge in [0.05, 0.1) is 0 Å². The Kier molecular flexibility index (Phi) is 2.70. The van der Waals surface area contributed by atoms with Gasteiger partial charge in [0.25, 0.3) is 0 Å². The van der Waals surface area contributed by atoms with Crippen molar-refractivity contribution < 1.29 is 0 Å². The summed E-state index contributed by atoms with van der Waals surface area (Å²) >= 11 is 0. The van der Waals surface area contributed by atoms with Gasteiger partial charge in [0.2, 0.25) is 0 Å². The van der Waals surface area contributed by atoms with E-state index >= 15 is 0 Å². The molecule has 84 valence electrons. The standard InChI is InChI=1S/C13H17N3/c1(2-10-7-14-9-15-8-10)3-11-6-12-4-5-13(11)16-12/h1-2,7-9,11-13,16H,3-6H2. The first kappa shape index (κ1) is 9.97. The van der Waals surface area contributed by atoms with Crippen LogP contribution in [-0.2, 0) is 0 Å². The van der Waals surface area contributed by atoms with E-state index < -0.39 is 0 Å². The van der Waals surface area contributed by atoms with Gasteiger partial charge in [-0.05, 0) is 31.6 Å². The van der Waals surface area contributed by atoms with E-state index in [0.717, 1.165) is 23.6 Å². The Labute approximate surface area is 96.0 Å². The van der Waals surface area contributed by atoms with E-state index in [-0.39, 0.29) is 0 Å². The van der Waals surface area contributed by atoms with Gasteiger partial charge >= 0.3 is 0 Å². The Morgan fingerprint density at radius 1 is 1.31 bits per heavy atom. The van der Waals surface area contributed by atoms with Crippen LogP contribution >= 0.6 is 0 Å². The zero-order chi connectivity index (χ0) is 10.8. The first-order valence-corrected chi connectivity index (χ1v) is 6.09. The van der Waals surface area contributed by atoms with Gasteiger partial charge in [0.1, 0.15) is 6.33 Å².